The zero-order valence-electron chi connectivity index (χ0n) is 26.6. The smallest absolute Gasteiger partial charge is 0.160 e. The van der Waals surface area contributed by atoms with Gasteiger partial charge in [0.15, 0.2) is 5.82 Å². The molecule has 49 heavy (non-hydrogen) atoms. The summed E-state index contributed by atoms with van der Waals surface area (Å²) in [6.07, 6.45) is 0. The van der Waals surface area contributed by atoms with Crippen LogP contribution >= 0.6 is 11.3 Å². The molecule has 0 amide bonds. The van der Waals surface area contributed by atoms with Crippen LogP contribution in [0.2, 0.25) is 0 Å². The maximum absolute atomic E-state index is 5.22. The van der Waals surface area contributed by atoms with Gasteiger partial charge in [0.25, 0.3) is 0 Å². The highest BCUT2D eigenvalue weighted by atomic mass is 32.1. The zero-order valence-corrected chi connectivity index (χ0v) is 27.4. The summed E-state index contributed by atoms with van der Waals surface area (Å²) in [6.45, 7) is 0. The Morgan fingerprint density at radius 1 is 0.306 bits per heavy atom. The summed E-state index contributed by atoms with van der Waals surface area (Å²) < 4.78 is 2.60. The Labute approximate surface area is 289 Å². The van der Waals surface area contributed by atoms with E-state index >= 15 is 0 Å². The highest BCUT2D eigenvalue weighted by Gasteiger charge is 2.16. The molecule has 2 nitrogen and oxygen atoms in total. The van der Waals surface area contributed by atoms with Gasteiger partial charge in [0, 0.05) is 36.9 Å². The third-order valence-corrected chi connectivity index (χ3v) is 10.2. The minimum absolute atomic E-state index is 0.709. The van der Waals surface area contributed by atoms with Crippen molar-refractivity contribution in [3.8, 4) is 67.3 Å². The van der Waals surface area contributed by atoms with Crippen LogP contribution in [0.3, 0.4) is 0 Å². The van der Waals surface area contributed by atoms with E-state index in [1.165, 1.54) is 42.4 Å². The number of fused-ring (bicyclic) bond motifs is 3. The molecule has 0 spiro atoms. The van der Waals surface area contributed by atoms with Crippen molar-refractivity contribution >= 4 is 31.5 Å². The van der Waals surface area contributed by atoms with Gasteiger partial charge in [0.1, 0.15) is 0 Å². The van der Waals surface area contributed by atoms with E-state index in [0.29, 0.717) is 5.82 Å². The van der Waals surface area contributed by atoms with Gasteiger partial charge in [-0.25, -0.2) is 9.97 Å². The molecule has 2 aromatic heterocycles. The SMILES string of the molecule is c1ccc(-c2cc(-c3cc(-c4ccc5c(c4)sc4ccccc45)cc(-c4ccccc4-c4ccccc4)c3)nc(-c3ccccc3)n2)cc1. The van der Waals surface area contributed by atoms with Gasteiger partial charge in [-0.15, -0.1) is 11.3 Å². The summed E-state index contributed by atoms with van der Waals surface area (Å²) in [5, 5.41) is 2.61. The van der Waals surface area contributed by atoms with Crippen molar-refractivity contribution in [1.29, 1.82) is 0 Å². The fourth-order valence-electron chi connectivity index (χ4n) is 6.68. The minimum Gasteiger partial charge on any atom is -0.228 e. The molecule has 0 N–H and O–H groups in total. The molecule has 3 heteroatoms. The monoisotopic (exact) mass is 642 g/mol. The second-order valence-corrected chi connectivity index (χ2v) is 13.3. The summed E-state index contributed by atoms with van der Waals surface area (Å²) in [5.74, 6) is 0.709. The number of thiophene rings is 1. The molecule has 0 saturated heterocycles. The zero-order chi connectivity index (χ0) is 32.6. The summed E-state index contributed by atoms with van der Waals surface area (Å²) >= 11 is 1.85. The molecule has 230 valence electrons. The third-order valence-electron chi connectivity index (χ3n) is 9.09. The lowest BCUT2D eigenvalue weighted by atomic mass is 9.90. The highest BCUT2D eigenvalue weighted by molar-refractivity contribution is 7.25. The Kier molecular flexibility index (Phi) is 7.38. The first-order valence-corrected chi connectivity index (χ1v) is 17.3. The van der Waals surface area contributed by atoms with Crippen molar-refractivity contribution < 1.29 is 0 Å². The Morgan fingerprint density at radius 2 is 0.837 bits per heavy atom. The van der Waals surface area contributed by atoms with Crippen molar-refractivity contribution in [2.75, 3.05) is 0 Å². The topological polar surface area (TPSA) is 25.8 Å². The van der Waals surface area contributed by atoms with Gasteiger partial charge in [-0.1, -0.05) is 146 Å². The molecule has 0 atom stereocenters. The highest BCUT2D eigenvalue weighted by Crippen LogP contribution is 2.40. The number of aromatic nitrogens is 2. The summed E-state index contributed by atoms with van der Waals surface area (Å²) in [4.78, 5) is 10.3. The van der Waals surface area contributed by atoms with E-state index in [9.17, 15) is 0 Å². The van der Waals surface area contributed by atoms with Crippen molar-refractivity contribution in [1.82, 2.24) is 9.97 Å². The van der Waals surface area contributed by atoms with Gasteiger partial charge in [-0.2, -0.15) is 0 Å². The molecule has 7 aromatic carbocycles. The lowest BCUT2D eigenvalue weighted by Gasteiger charge is -2.15. The van der Waals surface area contributed by atoms with E-state index in [4.69, 9.17) is 9.97 Å². The third kappa shape index (κ3) is 5.61. The Balaban J connectivity index is 1.29. The van der Waals surface area contributed by atoms with Gasteiger partial charge in [-0.3, -0.25) is 0 Å². The maximum atomic E-state index is 5.22. The Bertz CT molecular complexity index is 2530. The molecule has 0 aliphatic carbocycles. The maximum Gasteiger partial charge on any atom is 0.160 e. The van der Waals surface area contributed by atoms with Crippen LogP contribution in [0.5, 0.6) is 0 Å². The number of rotatable bonds is 6. The Morgan fingerprint density at radius 3 is 1.57 bits per heavy atom. The van der Waals surface area contributed by atoms with Crippen molar-refractivity contribution in [2.45, 2.75) is 0 Å². The summed E-state index contributed by atoms with van der Waals surface area (Å²) in [7, 11) is 0. The quantitative estimate of drug-likeness (QED) is 0.180. The van der Waals surface area contributed by atoms with E-state index < -0.39 is 0 Å². The van der Waals surface area contributed by atoms with Crippen LogP contribution in [-0.4, -0.2) is 9.97 Å². The van der Waals surface area contributed by atoms with E-state index in [-0.39, 0.29) is 0 Å². The van der Waals surface area contributed by atoms with E-state index in [2.05, 4.69) is 158 Å². The van der Waals surface area contributed by atoms with Crippen LogP contribution in [0.15, 0.2) is 182 Å². The van der Waals surface area contributed by atoms with Crippen LogP contribution in [-0.2, 0) is 0 Å². The standard InChI is InChI=1S/C46H30N2S/c1-4-14-31(15-5-1)38-20-10-11-21-39(38)36-26-35(34-24-25-41-40-22-12-13-23-44(40)49-45(41)29-34)27-37(28-36)43-30-42(32-16-6-2-7-17-32)47-46(48-43)33-18-8-3-9-19-33/h1-30H. The predicted octanol–water partition coefficient (Wildman–Crippen LogP) is 12.8. The Hall–Kier alpha value is -6.16. The van der Waals surface area contributed by atoms with Crippen LogP contribution in [0.4, 0.5) is 0 Å². The number of benzene rings is 7. The van der Waals surface area contributed by atoms with Crippen LogP contribution in [0.1, 0.15) is 0 Å². The summed E-state index contributed by atoms with van der Waals surface area (Å²) in [5.41, 5.74) is 11.9. The van der Waals surface area contributed by atoms with Crippen LogP contribution in [0.25, 0.3) is 87.5 Å². The molecule has 0 unspecified atom stereocenters. The summed E-state index contributed by atoms with van der Waals surface area (Å²) in [6, 6.07) is 64.5. The molecule has 0 saturated carbocycles. The van der Waals surface area contributed by atoms with Crippen molar-refractivity contribution in [2.24, 2.45) is 0 Å². The molecule has 9 rings (SSSR count). The first kappa shape index (κ1) is 29.0. The number of nitrogens with zero attached hydrogens (tertiary/aromatic N) is 2. The van der Waals surface area contributed by atoms with Crippen LogP contribution in [0, 0.1) is 0 Å². The lowest BCUT2D eigenvalue weighted by Crippen LogP contribution is -1.96. The minimum atomic E-state index is 0.709. The van der Waals surface area contributed by atoms with Gasteiger partial charge in [-0.05, 0) is 69.8 Å². The molecule has 0 aliphatic rings. The van der Waals surface area contributed by atoms with Gasteiger partial charge >= 0.3 is 0 Å². The second kappa shape index (κ2) is 12.5. The largest absolute Gasteiger partial charge is 0.228 e. The predicted molar refractivity (Wildman–Crippen MR) is 208 cm³/mol. The van der Waals surface area contributed by atoms with Crippen LogP contribution < -0.4 is 0 Å². The van der Waals surface area contributed by atoms with E-state index in [0.717, 1.165) is 39.2 Å². The fraction of sp³-hybridized carbons (Fsp3) is 0. The van der Waals surface area contributed by atoms with E-state index in [1.807, 2.05) is 35.6 Å². The molecule has 0 fully saturated rings. The average molecular weight is 643 g/mol. The molecule has 0 aliphatic heterocycles. The first-order chi connectivity index (χ1) is 24.3. The number of hydrogen-bond donors (Lipinski definition) is 0. The molecular formula is C46H30N2S. The van der Waals surface area contributed by atoms with E-state index in [1.54, 1.807) is 0 Å². The van der Waals surface area contributed by atoms with Gasteiger partial charge < -0.3 is 0 Å². The fourth-order valence-corrected chi connectivity index (χ4v) is 7.82. The molecule has 2 heterocycles. The normalized spacial score (nSPS) is 11.3. The van der Waals surface area contributed by atoms with Gasteiger partial charge in [0.2, 0.25) is 0 Å². The van der Waals surface area contributed by atoms with Gasteiger partial charge in [0.05, 0.1) is 11.4 Å². The lowest BCUT2D eigenvalue weighted by molar-refractivity contribution is 1.18. The first-order valence-electron chi connectivity index (χ1n) is 16.5. The molecule has 9 aromatic rings. The number of hydrogen-bond acceptors (Lipinski definition) is 3. The molecule has 0 radical (unpaired) electrons. The molecular weight excluding hydrogens is 613 g/mol. The van der Waals surface area contributed by atoms with Crippen molar-refractivity contribution in [3.05, 3.63) is 182 Å². The van der Waals surface area contributed by atoms with Crippen molar-refractivity contribution in [3.63, 3.8) is 0 Å². The average Bonchev–Trinajstić information content (AvgIpc) is 3.56. The molecule has 0 bridgehead atoms. The second-order valence-electron chi connectivity index (χ2n) is 12.2.